The first-order valence-corrected chi connectivity index (χ1v) is 6.43. The summed E-state index contributed by atoms with van der Waals surface area (Å²) < 4.78 is 17.5. The number of rotatable bonds is 7. The highest BCUT2D eigenvalue weighted by Gasteiger charge is 2.02. The van der Waals surface area contributed by atoms with Crippen molar-refractivity contribution in [1.82, 2.24) is 5.32 Å². The number of benzene rings is 1. The van der Waals surface area contributed by atoms with Gasteiger partial charge in [-0.05, 0) is 38.0 Å². The molecular weight excluding hydrogens is 245 g/mol. The topological polar surface area (TPSA) is 38.3 Å². The minimum absolute atomic E-state index is 0.221. The minimum Gasteiger partial charge on any atom is -0.463 e. The highest BCUT2D eigenvalue weighted by atomic mass is 19.1. The van der Waals surface area contributed by atoms with E-state index in [1.165, 1.54) is 18.2 Å². The van der Waals surface area contributed by atoms with E-state index >= 15 is 0 Å². The molecule has 1 rings (SSSR count). The predicted molar refractivity (Wildman–Crippen MR) is 73.3 cm³/mol. The quantitative estimate of drug-likeness (QED) is 0.608. The zero-order valence-corrected chi connectivity index (χ0v) is 11.4. The fraction of sp³-hybridized carbons (Fsp3) is 0.400. The number of carbonyl (C=O) groups is 1. The second-order valence-electron chi connectivity index (χ2n) is 4.29. The number of hydrogen-bond donors (Lipinski definition) is 1. The third-order valence-electron chi connectivity index (χ3n) is 2.58. The summed E-state index contributed by atoms with van der Waals surface area (Å²) >= 11 is 0. The van der Waals surface area contributed by atoms with Crippen LogP contribution in [0, 0.1) is 5.82 Å². The highest BCUT2D eigenvalue weighted by Crippen LogP contribution is 2.05. The molecule has 104 valence electrons. The Hall–Kier alpha value is -1.68. The maximum absolute atomic E-state index is 12.7. The Morgan fingerprint density at radius 1 is 1.42 bits per heavy atom. The van der Waals surface area contributed by atoms with Gasteiger partial charge in [-0.1, -0.05) is 18.2 Å². The van der Waals surface area contributed by atoms with Gasteiger partial charge in [0.2, 0.25) is 0 Å². The molecule has 1 N–H and O–H groups in total. The average Bonchev–Trinajstić information content (AvgIpc) is 2.38. The van der Waals surface area contributed by atoms with Gasteiger partial charge in [-0.25, -0.2) is 9.18 Å². The highest BCUT2D eigenvalue weighted by molar-refractivity contribution is 5.81. The second-order valence-corrected chi connectivity index (χ2v) is 4.29. The number of carbonyl (C=O) groups excluding carboxylic acids is 1. The zero-order valence-electron chi connectivity index (χ0n) is 11.4. The Morgan fingerprint density at radius 2 is 2.11 bits per heavy atom. The molecule has 0 spiro atoms. The molecule has 0 heterocycles. The average molecular weight is 265 g/mol. The first-order chi connectivity index (χ1) is 9.11. The van der Waals surface area contributed by atoms with Crippen LogP contribution in [0.3, 0.4) is 0 Å². The lowest BCUT2D eigenvalue weighted by atomic mass is 10.1. The van der Waals surface area contributed by atoms with E-state index in [1.807, 2.05) is 6.92 Å². The monoisotopic (exact) mass is 265 g/mol. The van der Waals surface area contributed by atoms with Crippen molar-refractivity contribution in [2.45, 2.75) is 26.3 Å². The molecule has 0 saturated carbocycles. The van der Waals surface area contributed by atoms with Crippen molar-refractivity contribution in [2.24, 2.45) is 0 Å². The van der Waals surface area contributed by atoms with Gasteiger partial charge in [-0.15, -0.1) is 0 Å². The molecule has 0 fully saturated rings. The predicted octanol–water partition coefficient (Wildman–Crippen LogP) is 2.47. The van der Waals surface area contributed by atoms with E-state index in [0.29, 0.717) is 13.2 Å². The van der Waals surface area contributed by atoms with Gasteiger partial charge >= 0.3 is 5.97 Å². The summed E-state index contributed by atoms with van der Waals surface area (Å²) in [5.74, 6) is -0.544. The molecule has 0 aliphatic rings. The third kappa shape index (κ3) is 6.72. The fourth-order valence-corrected chi connectivity index (χ4v) is 1.66. The van der Waals surface area contributed by atoms with E-state index in [9.17, 15) is 9.18 Å². The number of halogens is 1. The fourth-order valence-electron chi connectivity index (χ4n) is 1.66. The van der Waals surface area contributed by atoms with E-state index in [4.69, 9.17) is 4.74 Å². The second kappa shape index (κ2) is 8.43. The number of nitrogens with one attached hydrogen (secondary N) is 1. The van der Waals surface area contributed by atoms with Gasteiger partial charge in [-0.2, -0.15) is 0 Å². The molecule has 1 aromatic rings. The van der Waals surface area contributed by atoms with Crippen molar-refractivity contribution in [1.29, 1.82) is 0 Å². The van der Waals surface area contributed by atoms with Crippen molar-refractivity contribution in [3.8, 4) is 0 Å². The van der Waals surface area contributed by atoms with Crippen molar-refractivity contribution in [3.63, 3.8) is 0 Å². The Bertz CT molecular complexity index is 415. The Morgan fingerprint density at radius 3 is 2.74 bits per heavy atom. The molecule has 0 aliphatic heterocycles. The van der Waals surface area contributed by atoms with Gasteiger partial charge in [0.05, 0.1) is 6.61 Å². The first kappa shape index (κ1) is 15.4. The van der Waals surface area contributed by atoms with Crippen LogP contribution in [0.5, 0.6) is 0 Å². The van der Waals surface area contributed by atoms with Crippen molar-refractivity contribution < 1.29 is 13.9 Å². The molecule has 0 aromatic heterocycles. The van der Waals surface area contributed by atoms with Crippen LogP contribution in [-0.4, -0.2) is 25.2 Å². The molecule has 0 bridgehead atoms. The van der Waals surface area contributed by atoms with Crippen LogP contribution in [0.4, 0.5) is 4.39 Å². The summed E-state index contributed by atoms with van der Waals surface area (Å²) in [5, 5.41) is 3.25. The van der Waals surface area contributed by atoms with Crippen LogP contribution in [0.25, 0.3) is 0 Å². The SMILES string of the molecule is CCOC(=O)/C=C/CNC(C)Cc1ccc(F)cc1. The molecule has 19 heavy (non-hydrogen) atoms. The van der Waals surface area contributed by atoms with E-state index in [-0.39, 0.29) is 17.8 Å². The molecule has 0 radical (unpaired) electrons. The van der Waals surface area contributed by atoms with Crippen LogP contribution in [0.2, 0.25) is 0 Å². The van der Waals surface area contributed by atoms with Crippen LogP contribution in [0.15, 0.2) is 36.4 Å². The van der Waals surface area contributed by atoms with E-state index < -0.39 is 0 Å². The first-order valence-electron chi connectivity index (χ1n) is 6.43. The van der Waals surface area contributed by atoms with Crippen LogP contribution < -0.4 is 5.32 Å². The molecule has 0 aliphatic carbocycles. The van der Waals surface area contributed by atoms with E-state index in [2.05, 4.69) is 5.32 Å². The number of hydrogen-bond acceptors (Lipinski definition) is 3. The normalized spacial score (nSPS) is 12.6. The zero-order chi connectivity index (χ0) is 14.1. The smallest absolute Gasteiger partial charge is 0.330 e. The lowest BCUT2D eigenvalue weighted by Crippen LogP contribution is -2.28. The van der Waals surface area contributed by atoms with E-state index in [0.717, 1.165) is 12.0 Å². The third-order valence-corrected chi connectivity index (χ3v) is 2.58. The molecule has 1 unspecified atom stereocenters. The van der Waals surface area contributed by atoms with Crippen LogP contribution >= 0.6 is 0 Å². The summed E-state index contributed by atoms with van der Waals surface area (Å²) in [6, 6.07) is 6.73. The van der Waals surface area contributed by atoms with Gasteiger partial charge in [-0.3, -0.25) is 0 Å². The summed E-state index contributed by atoms with van der Waals surface area (Å²) in [6.45, 7) is 4.80. The molecule has 1 atom stereocenters. The Balaban J connectivity index is 2.26. The Labute approximate surface area is 113 Å². The molecular formula is C15H20FNO2. The van der Waals surface area contributed by atoms with Gasteiger partial charge in [0, 0.05) is 18.7 Å². The molecule has 0 amide bonds. The van der Waals surface area contributed by atoms with Gasteiger partial charge < -0.3 is 10.1 Å². The van der Waals surface area contributed by atoms with Crippen molar-refractivity contribution >= 4 is 5.97 Å². The maximum atomic E-state index is 12.7. The standard InChI is InChI=1S/C15H20FNO2/c1-3-19-15(18)5-4-10-17-12(2)11-13-6-8-14(16)9-7-13/h4-9,12,17H,3,10-11H2,1-2H3/b5-4+. The minimum atomic E-state index is -0.324. The van der Waals surface area contributed by atoms with Gasteiger partial charge in [0.25, 0.3) is 0 Å². The molecule has 3 nitrogen and oxygen atoms in total. The van der Waals surface area contributed by atoms with E-state index in [1.54, 1.807) is 25.1 Å². The van der Waals surface area contributed by atoms with Gasteiger partial charge in [0.1, 0.15) is 5.82 Å². The maximum Gasteiger partial charge on any atom is 0.330 e. The Kier molecular flexibility index (Phi) is 6.82. The van der Waals surface area contributed by atoms with Crippen LogP contribution in [-0.2, 0) is 16.0 Å². The molecule has 1 aromatic carbocycles. The number of ether oxygens (including phenoxy) is 1. The molecule has 0 saturated heterocycles. The number of esters is 1. The summed E-state index contributed by atoms with van der Waals surface area (Å²) in [4.78, 5) is 11.0. The lowest BCUT2D eigenvalue weighted by molar-refractivity contribution is -0.137. The summed E-state index contributed by atoms with van der Waals surface area (Å²) in [7, 11) is 0. The summed E-state index contributed by atoms with van der Waals surface area (Å²) in [5.41, 5.74) is 1.08. The summed E-state index contributed by atoms with van der Waals surface area (Å²) in [6.07, 6.45) is 3.97. The van der Waals surface area contributed by atoms with Crippen molar-refractivity contribution in [3.05, 3.63) is 47.8 Å². The molecule has 4 heteroatoms. The lowest BCUT2D eigenvalue weighted by Gasteiger charge is -2.12. The van der Waals surface area contributed by atoms with Crippen molar-refractivity contribution in [2.75, 3.05) is 13.2 Å². The van der Waals surface area contributed by atoms with Crippen LogP contribution in [0.1, 0.15) is 19.4 Å². The van der Waals surface area contributed by atoms with Gasteiger partial charge in [0.15, 0.2) is 0 Å². The largest absolute Gasteiger partial charge is 0.463 e.